The zero-order valence-corrected chi connectivity index (χ0v) is 17.1. The summed E-state index contributed by atoms with van der Waals surface area (Å²) < 4.78 is 0. The van der Waals surface area contributed by atoms with Crippen LogP contribution in [0.2, 0.25) is 0 Å². The van der Waals surface area contributed by atoms with Gasteiger partial charge in [0.25, 0.3) is 5.91 Å². The molecule has 0 spiro atoms. The summed E-state index contributed by atoms with van der Waals surface area (Å²) in [6.07, 6.45) is 9.30. The number of fused-ring (bicyclic) bond motifs is 1. The van der Waals surface area contributed by atoms with Crippen molar-refractivity contribution in [1.82, 2.24) is 10.2 Å². The molecule has 27 heavy (non-hydrogen) atoms. The van der Waals surface area contributed by atoms with E-state index in [1.165, 1.54) is 24.0 Å². The van der Waals surface area contributed by atoms with Gasteiger partial charge in [0.1, 0.15) is 11.6 Å². The van der Waals surface area contributed by atoms with Gasteiger partial charge < -0.3 is 10.2 Å². The summed E-state index contributed by atoms with van der Waals surface area (Å²) in [5.74, 6) is -0.278. The van der Waals surface area contributed by atoms with Gasteiger partial charge in [-0.15, -0.1) is 0 Å². The number of hydrogen-bond donors (Lipinski definition) is 1. The number of benzene rings is 1. The first-order valence-electron chi connectivity index (χ1n) is 10.4. The minimum atomic E-state index is -0.278. The van der Waals surface area contributed by atoms with E-state index in [1.54, 1.807) is 6.20 Å². The molecule has 0 saturated heterocycles. The molecule has 1 amide bonds. The average molecular weight is 368 g/mol. The van der Waals surface area contributed by atoms with Crippen molar-refractivity contribution in [2.75, 3.05) is 13.1 Å². The third kappa shape index (κ3) is 5.85. The van der Waals surface area contributed by atoms with E-state index < -0.39 is 0 Å². The molecule has 1 aromatic carbocycles. The minimum Gasteiger partial charge on any atom is -0.376 e. The third-order valence-corrected chi connectivity index (χ3v) is 5.19. The maximum atomic E-state index is 12.7. The molecule has 4 nitrogen and oxygen atoms in total. The molecular formula is C23H33N3O. The average Bonchev–Trinajstić information content (AvgIpc) is 2.69. The number of amides is 1. The summed E-state index contributed by atoms with van der Waals surface area (Å²) in [5, 5.41) is 12.6. The summed E-state index contributed by atoms with van der Waals surface area (Å²) in [6.45, 7) is 7.99. The number of nitrogens with one attached hydrogen (secondary N) is 1. The summed E-state index contributed by atoms with van der Waals surface area (Å²) in [6, 6.07) is 8.62. The Morgan fingerprint density at radius 2 is 1.85 bits per heavy atom. The fourth-order valence-corrected chi connectivity index (χ4v) is 3.76. The highest BCUT2D eigenvalue weighted by atomic mass is 16.1. The van der Waals surface area contributed by atoms with Crippen molar-refractivity contribution in [3.05, 3.63) is 46.7 Å². The molecule has 1 aromatic rings. The maximum Gasteiger partial charge on any atom is 0.263 e. The highest BCUT2D eigenvalue weighted by molar-refractivity contribution is 5.97. The highest BCUT2D eigenvalue weighted by Crippen LogP contribution is 2.26. The second kappa shape index (κ2) is 10.8. The van der Waals surface area contributed by atoms with Gasteiger partial charge in [0.2, 0.25) is 0 Å². The van der Waals surface area contributed by atoms with Crippen molar-refractivity contribution >= 4 is 5.91 Å². The summed E-state index contributed by atoms with van der Waals surface area (Å²) in [5.41, 5.74) is 4.19. The second-order valence-electron chi connectivity index (χ2n) is 7.36. The zero-order valence-electron chi connectivity index (χ0n) is 17.1. The van der Waals surface area contributed by atoms with E-state index in [-0.39, 0.29) is 17.5 Å². The predicted molar refractivity (Wildman–Crippen MR) is 110 cm³/mol. The van der Waals surface area contributed by atoms with E-state index in [0.717, 1.165) is 50.8 Å². The van der Waals surface area contributed by atoms with Crippen LogP contribution in [0.15, 0.2) is 30.0 Å². The molecule has 0 aromatic heterocycles. The van der Waals surface area contributed by atoms with Crippen molar-refractivity contribution in [1.29, 1.82) is 5.26 Å². The fraction of sp³-hybridized carbons (Fsp3) is 0.565. The number of nitriles is 1. The Balaban J connectivity index is 2.14. The predicted octanol–water partition coefficient (Wildman–Crippen LogP) is 4.66. The van der Waals surface area contributed by atoms with Gasteiger partial charge in [0.15, 0.2) is 0 Å². The fourth-order valence-electron chi connectivity index (χ4n) is 3.76. The third-order valence-electron chi connectivity index (χ3n) is 5.19. The Hall–Kier alpha value is -2.28. The van der Waals surface area contributed by atoms with E-state index >= 15 is 0 Å². The Labute approximate surface area is 164 Å². The SMILES string of the molecule is CCCN(/C=C(/C#N)C(=O)NC(CC)c1ccc2c(c1)CCCC2)CCC. The van der Waals surface area contributed by atoms with Gasteiger partial charge in [0.05, 0.1) is 6.04 Å². The Morgan fingerprint density at radius 3 is 2.44 bits per heavy atom. The number of nitrogens with zero attached hydrogens (tertiary/aromatic N) is 2. The quantitative estimate of drug-likeness (QED) is 0.510. The van der Waals surface area contributed by atoms with E-state index in [9.17, 15) is 10.1 Å². The van der Waals surface area contributed by atoms with E-state index in [0.29, 0.717) is 0 Å². The normalized spacial score (nSPS) is 14.8. The molecule has 1 unspecified atom stereocenters. The topological polar surface area (TPSA) is 56.1 Å². The first-order chi connectivity index (χ1) is 13.1. The van der Waals surface area contributed by atoms with Gasteiger partial charge in [-0.25, -0.2) is 0 Å². The van der Waals surface area contributed by atoms with Crippen LogP contribution in [-0.4, -0.2) is 23.9 Å². The molecule has 0 fully saturated rings. The van der Waals surface area contributed by atoms with Gasteiger partial charge in [-0.2, -0.15) is 5.26 Å². The minimum absolute atomic E-state index is 0.0627. The molecule has 4 heteroatoms. The lowest BCUT2D eigenvalue weighted by Crippen LogP contribution is -2.31. The van der Waals surface area contributed by atoms with Gasteiger partial charge in [-0.1, -0.05) is 39.0 Å². The Bertz CT molecular complexity index is 696. The smallest absolute Gasteiger partial charge is 0.263 e. The summed E-state index contributed by atoms with van der Waals surface area (Å²) >= 11 is 0. The highest BCUT2D eigenvalue weighted by Gasteiger charge is 2.19. The lowest BCUT2D eigenvalue weighted by Gasteiger charge is -2.22. The van der Waals surface area contributed by atoms with Crippen LogP contribution in [0, 0.1) is 11.3 Å². The van der Waals surface area contributed by atoms with Crippen LogP contribution in [-0.2, 0) is 17.6 Å². The largest absolute Gasteiger partial charge is 0.376 e. The molecule has 0 saturated carbocycles. The van der Waals surface area contributed by atoms with Crippen molar-refractivity contribution in [2.45, 2.75) is 71.8 Å². The summed E-state index contributed by atoms with van der Waals surface area (Å²) in [4.78, 5) is 14.8. The monoisotopic (exact) mass is 367 g/mol. The van der Waals surface area contributed by atoms with Gasteiger partial charge in [0, 0.05) is 19.3 Å². The van der Waals surface area contributed by atoms with Crippen LogP contribution in [0.5, 0.6) is 0 Å². The molecule has 1 N–H and O–H groups in total. The molecule has 0 bridgehead atoms. The molecule has 0 aliphatic heterocycles. The molecule has 146 valence electrons. The van der Waals surface area contributed by atoms with Crippen LogP contribution >= 0.6 is 0 Å². The van der Waals surface area contributed by atoms with Crippen LogP contribution in [0.25, 0.3) is 0 Å². The molecule has 1 aliphatic carbocycles. The maximum absolute atomic E-state index is 12.7. The number of hydrogen-bond acceptors (Lipinski definition) is 3. The molecule has 1 aliphatic rings. The standard InChI is InChI=1S/C23H33N3O/c1-4-13-26(14-5-2)17-21(16-24)23(27)25-22(6-3)20-12-11-18-9-7-8-10-19(18)15-20/h11-12,15,17,22H,4-10,13-14H2,1-3H3,(H,25,27)/b21-17-. The van der Waals surface area contributed by atoms with Crippen molar-refractivity contribution in [3.8, 4) is 6.07 Å². The van der Waals surface area contributed by atoms with E-state index in [4.69, 9.17) is 0 Å². The summed E-state index contributed by atoms with van der Waals surface area (Å²) in [7, 11) is 0. The van der Waals surface area contributed by atoms with Crippen molar-refractivity contribution < 1.29 is 4.79 Å². The lowest BCUT2D eigenvalue weighted by atomic mass is 9.88. The second-order valence-corrected chi connectivity index (χ2v) is 7.36. The van der Waals surface area contributed by atoms with Crippen molar-refractivity contribution in [2.24, 2.45) is 0 Å². The van der Waals surface area contributed by atoms with Crippen LogP contribution in [0.4, 0.5) is 0 Å². The van der Waals surface area contributed by atoms with Crippen LogP contribution in [0.1, 0.15) is 75.6 Å². The zero-order chi connectivity index (χ0) is 19.6. The first-order valence-corrected chi connectivity index (χ1v) is 10.4. The molecule has 0 heterocycles. The van der Waals surface area contributed by atoms with Gasteiger partial charge in [-0.05, 0) is 61.6 Å². The number of carbonyl (C=O) groups excluding carboxylic acids is 1. The molecule has 1 atom stereocenters. The van der Waals surface area contributed by atoms with E-state index in [1.807, 2.05) is 0 Å². The van der Waals surface area contributed by atoms with Crippen LogP contribution in [0.3, 0.4) is 0 Å². The number of carbonyl (C=O) groups is 1. The Morgan fingerprint density at radius 1 is 1.19 bits per heavy atom. The van der Waals surface area contributed by atoms with Crippen molar-refractivity contribution in [3.63, 3.8) is 0 Å². The van der Waals surface area contributed by atoms with Gasteiger partial charge in [-0.3, -0.25) is 4.79 Å². The molecule has 0 radical (unpaired) electrons. The molecule has 2 rings (SSSR count). The number of rotatable bonds is 9. The number of aryl methyl sites for hydroxylation is 2. The van der Waals surface area contributed by atoms with E-state index in [2.05, 4.69) is 55.3 Å². The Kier molecular flexibility index (Phi) is 8.39. The first kappa shape index (κ1) is 21.0. The van der Waals surface area contributed by atoms with Crippen LogP contribution < -0.4 is 5.32 Å². The lowest BCUT2D eigenvalue weighted by molar-refractivity contribution is -0.117. The van der Waals surface area contributed by atoms with Gasteiger partial charge >= 0.3 is 0 Å². The molecular weight excluding hydrogens is 334 g/mol.